The highest BCUT2D eigenvalue weighted by Gasteiger charge is 2.37. The van der Waals surface area contributed by atoms with E-state index < -0.39 is 0 Å². The molecule has 2 atom stereocenters. The molecule has 0 aliphatic carbocycles. The van der Waals surface area contributed by atoms with Crippen molar-refractivity contribution in [3.8, 4) is 5.75 Å². The van der Waals surface area contributed by atoms with Crippen LogP contribution in [0.15, 0.2) is 48.5 Å². The number of nitrogens with zero attached hydrogens (tertiary/aromatic N) is 1. The van der Waals surface area contributed by atoms with Crippen molar-refractivity contribution in [1.82, 2.24) is 10.0 Å². The van der Waals surface area contributed by atoms with Crippen LogP contribution < -0.4 is 9.88 Å². The second-order valence-corrected chi connectivity index (χ2v) is 7.78. The number of fused-ring (bicyclic) bond motifs is 1. The lowest BCUT2D eigenvalue weighted by molar-refractivity contribution is 0.0966. The van der Waals surface area contributed by atoms with Gasteiger partial charge in [-0.2, -0.15) is 0 Å². The molecule has 1 amide bonds. The van der Waals surface area contributed by atoms with Crippen molar-refractivity contribution in [2.24, 2.45) is 0 Å². The molecule has 5 nitrogen and oxygen atoms in total. The number of amides is 1. The summed E-state index contributed by atoms with van der Waals surface area (Å²) in [6, 6.07) is 16.8. The molecule has 1 fully saturated rings. The zero-order chi connectivity index (χ0) is 19.7. The summed E-state index contributed by atoms with van der Waals surface area (Å²) in [4.78, 5) is 14.7. The molecule has 2 unspecified atom stereocenters. The minimum Gasteiger partial charge on any atom is -0.541 e. The first-order valence-corrected chi connectivity index (χ1v) is 10.1. The Kier molecular flexibility index (Phi) is 5.47. The van der Waals surface area contributed by atoms with Crippen LogP contribution in [-0.4, -0.2) is 37.4 Å². The van der Waals surface area contributed by atoms with E-state index in [1.54, 1.807) is 0 Å². The lowest BCUT2D eigenvalue weighted by atomic mass is 9.83. The third-order valence-corrected chi connectivity index (χ3v) is 5.72. The van der Waals surface area contributed by atoms with Gasteiger partial charge >= 0.3 is 14.1 Å². The first kappa shape index (κ1) is 19.1. The Labute approximate surface area is 167 Å². The molecule has 2 aliphatic heterocycles. The van der Waals surface area contributed by atoms with E-state index >= 15 is 0 Å². The molecule has 4 rings (SSSR count). The van der Waals surface area contributed by atoms with E-state index in [1.165, 1.54) is 5.56 Å². The van der Waals surface area contributed by atoms with Crippen molar-refractivity contribution in [3.63, 3.8) is 0 Å². The molecule has 2 heterocycles. The quantitative estimate of drug-likeness (QED) is 0.813. The van der Waals surface area contributed by atoms with E-state index in [0.717, 1.165) is 24.9 Å². The summed E-state index contributed by atoms with van der Waals surface area (Å²) in [6.45, 7) is 7.02. The van der Waals surface area contributed by atoms with Gasteiger partial charge in [0.05, 0.1) is 11.7 Å². The Balaban J connectivity index is 1.42. The van der Waals surface area contributed by atoms with Crippen LogP contribution in [0.4, 0.5) is 0 Å². The molecular weight excluding hydrogens is 350 g/mol. The van der Waals surface area contributed by atoms with Gasteiger partial charge in [-0.25, -0.2) is 0 Å². The number of carbonyl (C=O) groups excluding carboxylic acids is 1. The van der Waals surface area contributed by atoms with Crippen molar-refractivity contribution >= 4 is 20.0 Å². The minimum absolute atomic E-state index is 0.0355. The number of hydrogen-bond acceptors (Lipinski definition) is 4. The van der Waals surface area contributed by atoms with Crippen LogP contribution in [0, 0.1) is 0 Å². The standard InChI is InChI=1S/C21H26B2N2O3/c1-15(9-10-16-7-5-4-6-8-16)25-14-20(28-23(25)3)17-11-12-19-18(13-17)21(26)24-22(2)27-19/h4-8,11-13,15,20H,9-10,14H2,1-3H3,(H,24,26). The third-order valence-electron chi connectivity index (χ3n) is 5.72. The fraction of sp³-hybridized carbons (Fsp3) is 0.381. The van der Waals surface area contributed by atoms with E-state index in [0.29, 0.717) is 17.4 Å². The van der Waals surface area contributed by atoms with Crippen molar-refractivity contribution in [2.75, 3.05) is 6.54 Å². The average molecular weight is 376 g/mol. The predicted octanol–water partition coefficient (Wildman–Crippen LogP) is 3.44. The maximum Gasteiger partial charge on any atom is 0.479 e. The highest BCUT2D eigenvalue weighted by atomic mass is 16.5. The highest BCUT2D eigenvalue weighted by Crippen LogP contribution is 2.33. The number of benzene rings is 2. The van der Waals surface area contributed by atoms with Gasteiger partial charge in [0.25, 0.3) is 0 Å². The van der Waals surface area contributed by atoms with E-state index in [2.05, 4.69) is 54.1 Å². The van der Waals surface area contributed by atoms with Crippen molar-refractivity contribution < 1.29 is 14.1 Å². The van der Waals surface area contributed by atoms with Crippen LogP contribution in [0.3, 0.4) is 0 Å². The summed E-state index contributed by atoms with van der Waals surface area (Å²) in [5.74, 6) is 0.550. The lowest BCUT2D eigenvalue weighted by Gasteiger charge is -2.25. The minimum atomic E-state index is -0.297. The fourth-order valence-electron chi connectivity index (χ4n) is 4.12. The molecule has 2 aromatic carbocycles. The van der Waals surface area contributed by atoms with Gasteiger partial charge in [0.15, 0.2) is 0 Å². The van der Waals surface area contributed by atoms with Crippen LogP contribution in [0.5, 0.6) is 5.75 Å². The number of hydrogen-bond donors (Lipinski definition) is 1. The molecule has 2 aromatic rings. The fourth-order valence-corrected chi connectivity index (χ4v) is 4.12. The van der Waals surface area contributed by atoms with Crippen LogP contribution in [-0.2, 0) is 11.1 Å². The molecule has 0 bridgehead atoms. The van der Waals surface area contributed by atoms with Gasteiger partial charge in [-0.3, -0.25) is 4.79 Å². The van der Waals surface area contributed by atoms with Gasteiger partial charge in [-0.05, 0) is 55.8 Å². The average Bonchev–Trinajstić information content (AvgIpc) is 3.08. The molecule has 0 saturated carbocycles. The lowest BCUT2D eigenvalue weighted by Crippen LogP contribution is -2.45. The Morgan fingerprint density at radius 2 is 2.00 bits per heavy atom. The van der Waals surface area contributed by atoms with Crippen LogP contribution in [0.2, 0.25) is 13.6 Å². The van der Waals surface area contributed by atoms with Crippen LogP contribution >= 0.6 is 0 Å². The molecule has 28 heavy (non-hydrogen) atoms. The van der Waals surface area contributed by atoms with Crippen molar-refractivity contribution in [2.45, 2.75) is 45.6 Å². The van der Waals surface area contributed by atoms with Gasteiger partial charge in [-0.1, -0.05) is 43.3 Å². The molecular formula is C21H26B2N2O3. The monoisotopic (exact) mass is 376 g/mol. The van der Waals surface area contributed by atoms with Crippen LogP contribution in [0.1, 0.15) is 40.9 Å². The summed E-state index contributed by atoms with van der Waals surface area (Å²) >= 11 is 0. The second-order valence-electron chi connectivity index (χ2n) is 7.78. The maximum atomic E-state index is 12.3. The van der Waals surface area contributed by atoms with E-state index in [-0.39, 0.29) is 26.1 Å². The van der Waals surface area contributed by atoms with E-state index in [1.807, 2.05) is 25.0 Å². The SMILES string of the molecule is CB1NC(=O)c2cc(C3CN(C(C)CCc4ccccc4)B(C)O3)ccc2O1. The summed E-state index contributed by atoms with van der Waals surface area (Å²) in [5.41, 5.74) is 2.98. The molecule has 0 spiro atoms. The third kappa shape index (κ3) is 3.96. The summed E-state index contributed by atoms with van der Waals surface area (Å²) in [6.07, 6.45) is 2.11. The summed E-state index contributed by atoms with van der Waals surface area (Å²) in [5, 5.41) is 2.81. The Bertz CT molecular complexity index is 849. The summed E-state index contributed by atoms with van der Waals surface area (Å²) < 4.78 is 11.9. The normalized spacial score (nSPS) is 20.5. The topological polar surface area (TPSA) is 50.8 Å². The van der Waals surface area contributed by atoms with Gasteiger partial charge in [-0.15, -0.1) is 0 Å². The number of rotatable bonds is 5. The molecule has 144 valence electrons. The number of nitrogens with one attached hydrogen (secondary N) is 1. The van der Waals surface area contributed by atoms with E-state index in [4.69, 9.17) is 9.31 Å². The Morgan fingerprint density at radius 3 is 2.79 bits per heavy atom. The summed E-state index contributed by atoms with van der Waals surface area (Å²) in [7, 11) is -0.244. The number of carbonyl (C=O) groups is 1. The van der Waals surface area contributed by atoms with Gasteiger partial charge < -0.3 is 19.3 Å². The zero-order valence-corrected chi connectivity index (χ0v) is 16.7. The molecule has 7 heteroatoms. The smallest absolute Gasteiger partial charge is 0.479 e. The van der Waals surface area contributed by atoms with Crippen molar-refractivity contribution in [1.29, 1.82) is 0 Å². The van der Waals surface area contributed by atoms with Crippen LogP contribution in [0.25, 0.3) is 0 Å². The largest absolute Gasteiger partial charge is 0.541 e. The molecule has 2 aliphatic rings. The first-order valence-electron chi connectivity index (χ1n) is 10.1. The second kappa shape index (κ2) is 8.02. The molecule has 1 N–H and O–H groups in total. The molecule has 0 aromatic heterocycles. The van der Waals surface area contributed by atoms with Gasteiger partial charge in [0.1, 0.15) is 5.75 Å². The highest BCUT2D eigenvalue weighted by molar-refractivity contribution is 6.53. The van der Waals surface area contributed by atoms with E-state index in [9.17, 15) is 4.79 Å². The maximum absolute atomic E-state index is 12.3. The van der Waals surface area contributed by atoms with Gasteiger partial charge in [0, 0.05) is 6.54 Å². The number of aryl methyl sites for hydroxylation is 1. The van der Waals surface area contributed by atoms with Gasteiger partial charge in [0.2, 0.25) is 5.91 Å². The predicted molar refractivity (Wildman–Crippen MR) is 113 cm³/mol. The molecule has 1 saturated heterocycles. The first-order chi connectivity index (χ1) is 13.5. The zero-order valence-electron chi connectivity index (χ0n) is 16.7. The van der Waals surface area contributed by atoms with Crippen molar-refractivity contribution in [3.05, 3.63) is 65.2 Å². The Morgan fingerprint density at radius 1 is 1.21 bits per heavy atom. The molecule has 0 radical (unpaired) electrons. The Hall–Kier alpha value is -2.24.